The van der Waals surface area contributed by atoms with Crippen molar-refractivity contribution >= 4 is 0 Å². The molecule has 2 rings (SSSR count). The summed E-state index contributed by atoms with van der Waals surface area (Å²) < 4.78 is 0. The molecule has 0 aromatic rings. The first kappa shape index (κ1) is 12.4. The standard InChI is InChI=1S/C14H28N2/c1-3-4-9-16(13-5-6-13)14(11-15)8-7-12(2)10-14/h12-13H,3-11,15H2,1-2H3. The van der Waals surface area contributed by atoms with E-state index in [1.807, 2.05) is 0 Å². The van der Waals surface area contributed by atoms with Crippen molar-refractivity contribution in [2.24, 2.45) is 11.7 Å². The number of nitrogens with two attached hydrogens (primary N) is 1. The fraction of sp³-hybridized carbons (Fsp3) is 1.00. The van der Waals surface area contributed by atoms with E-state index in [-0.39, 0.29) is 0 Å². The Morgan fingerprint density at radius 2 is 2.06 bits per heavy atom. The van der Waals surface area contributed by atoms with Crippen molar-refractivity contribution in [3.63, 3.8) is 0 Å². The number of nitrogens with zero attached hydrogens (tertiary/aromatic N) is 1. The molecule has 16 heavy (non-hydrogen) atoms. The van der Waals surface area contributed by atoms with Gasteiger partial charge in [-0.25, -0.2) is 0 Å². The molecule has 2 N–H and O–H groups in total. The Balaban J connectivity index is 2.03. The van der Waals surface area contributed by atoms with Gasteiger partial charge in [-0.3, -0.25) is 4.90 Å². The van der Waals surface area contributed by atoms with Gasteiger partial charge in [-0.2, -0.15) is 0 Å². The zero-order valence-corrected chi connectivity index (χ0v) is 11.0. The summed E-state index contributed by atoms with van der Waals surface area (Å²) in [7, 11) is 0. The van der Waals surface area contributed by atoms with Gasteiger partial charge in [-0.15, -0.1) is 0 Å². The van der Waals surface area contributed by atoms with E-state index in [9.17, 15) is 0 Å². The molecule has 0 aromatic heterocycles. The van der Waals surface area contributed by atoms with Crippen LogP contribution in [0.2, 0.25) is 0 Å². The normalized spacial score (nSPS) is 34.9. The van der Waals surface area contributed by atoms with Crippen LogP contribution in [-0.2, 0) is 0 Å². The summed E-state index contributed by atoms with van der Waals surface area (Å²) in [6.45, 7) is 6.84. The van der Waals surface area contributed by atoms with Crippen LogP contribution in [0.4, 0.5) is 0 Å². The predicted molar refractivity (Wildman–Crippen MR) is 69.4 cm³/mol. The first-order valence-corrected chi connectivity index (χ1v) is 7.18. The van der Waals surface area contributed by atoms with E-state index in [0.29, 0.717) is 5.54 Å². The van der Waals surface area contributed by atoms with Gasteiger partial charge in [0.25, 0.3) is 0 Å². The molecule has 94 valence electrons. The van der Waals surface area contributed by atoms with Gasteiger partial charge in [0, 0.05) is 18.1 Å². The monoisotopic (exact) mass is 224 g/mol. The van der Waals surface area contributed by atoms with Gasteiger partial charge in [0.05, 0.1) is 0 Å². The highest BCUT2D eigenvalue weighted by atomic mass is 15.3. The van der Waals surface area contributed by atoms with E-state index >= 15 is 0 Å². The maximum Gasteiger partial charge on any atom is 0.0337 e. The van der Waals surface area contributed by atoms with Crippen LogP contribution in [0.15, 0.2) is 0 Å². The van der Waals surface area contributed by atoms with Crippen LogP contribution in [0.5, 0.6) is 0 Å². The molecule has 2 heteroatoms. The molecule has 2 unspecified atom stereocenters. The first-order chi connectivity index (χ1) is 7.72. The number of unbranched alkanes of at least 4 members (excludes halogenated alkanes) is 1. The molecule has 0 heterocycles. The van der Waals surface area contributed by atoms with Gasteiger partial charge >= 0.3 is 0 Å². The summed E-state index contributed by atoms with van der Waals surface area (Å²) in [4.78, 5) is 2.79. The van der Waals surface area contributed by atoms with Crippen LogP contribution in [0.3, 0.4) is 0 Å². The second-order valence-electron chi connectivity index (χ2n) is 6.05. The Hall–Kier alpha value is -0.0800. The van der Waals surface area contributed by atoms with E-state index in [1.165, 1.54) is 51.5 Å². The maximum atomic E-state index is 6.13. The van der Waals surface area contributed by atoms with Crippen LogP contribution >= 0.6 is 0 Å². The lowest BCUT2D eigenvalue weighted by atomic mass is 9.93. The van der Waals surface area contributed by atoms with Gasteiger partial charge in [-0.05, 0) is 51.0 Å². The van der Waals surface area contributed by atoms with Crippen LogP contribution in [0.25, 0.3) is 0 Å². The van der Waals surface area contributed by atoms with E-state index in [2.05, 4.69) is 18.7 Å². The lowest BCUT2D eigenvalue weighted by molar-refractivity contribution is 0.0848. The summed E-state index contributed by atoms with van der Waals surface area (Å²) in [6.07, 6.45) is 9.53. The van der Waals surface area contributed by atoms with Gasteiger partial charge < -0.3 is 5.73 Å². The second-order valence-corrected chi connectivity index (χ2v) is 6.05. The average molecular weight is 224 g/mol. The van der Waals surface area contributed by atoms with Crippen LogP contribution in [0.1, 0.15) is 58.8 Å². The predicted octanol–water partition coefficient (Wildman–Crippen LogP) is 2.77. The quantitative estimate of drug-likeness (QED) is 0.751. The highest BCUT2D eigenvalue weighted by molar-refractivity contribution is 5.03. The zero-order valence-electron chi connectivity index (χ0n) is 11.0. The Morgan fingerprint density at radius 1 is 1.31 bits per heavy atom. The number of hydrogen-bond acceptors (Lipinski definition) is 2. The van der Waals surface area contributed by atoms with E-state index in [4.69, 9.17) is 5.73 Å². The van der Waals surface area contributed by atoms with E-state index in [1.54, 1.807) is 0 Å². The molecule has 2 nitrogen and oxygen atoms in total. The van der Waals surface area contributed by atoms with E-state index in [0.717, 1.165) is 18.5 Å². The van der Waals surface area contributed by atoms with Crippen molar-refractivity contribution in [1.82, 2.24) is 4.90 Å². The summed E-state index contributed by atoms with van der Waals surface area (Å²) in [5.41, 5.74) is 6.50. The topological polar surface area (TPSA) is 29.3 Å². The molecular formula is C14H28N2. The molecule has 2 atom stereocenters. The Kier molecular flexibility index (Phi) is 3.91. The van der Waals surface area contributed by atoms with Crippen molar-refractivity contribution in [3.05, 3.63) is 0 Å². The van der Waals surface area contributed by atoms with E-state index < -0.39 is 0 Å². The molecule has 0 spiro atoms. The van der Waals surface area contributed by atoms with Crippen LogP contribution in [0, 0.1) is 5.92 Å². The molecule has 2 aliphatic rings. The molecule has 0 aromatic carbocycles. The third kappa shape index (κ3) is 2.43. The van der Waals surface area contributed by atoms with Gasteiger partial charge in [0.2, 0.25) is 0 Å². The summed E-state index contributed by atoms with van der Waals surface area (Å²) in [6, 6.07) is 0.875. The third-order valence-corrected chi connectivity index (χ3v) is 4.56. The minimum atomic E-state index is 0.371. The minimum Gasteiger partial charge on any atom is -0.329 e. The average Bonchev–Trinajstić information content (AvgIpc) is 3.04. The van der Waals surface area contributed by atoms with Crippen molar-refractivity contribution < 1.29 is 0 Å². The second kappa shape index (κ2) is 5.05. The fourth-order valence-corrected chi connectivity index (χ4v) is 3.45. The van der Waals surface area contributed by atoms with Gasteiger partial charge in [0.1, 0.15) is 0 Å². The first-order valence-electron chi connectivity index (χ1n) is 7.18. The Morgan fingerprint density at radius 3 is 2.50 bits per heavy atom. The third-order valence-electron chi connectivity index (χ3n) is 4.56. The molecule has 0 aliphatic heterocycles. The molecular weight excluding hydrogens is 196 g/mol. The van der Waals surface area contributed by atoms with Gasteiger partial charge in [0.15, 0.2) is 0 Å². The number of rotatable bonds is 6. The van der Waals surface area contributed by atoms with Crippen molar-refractivity contribution in [3.8, 4) is 0 Å². The van der Waals surface area contributed by atoms with Crippen molar-refractivity contribution in [2.75, 3.05) is 13.1 Å². The van der Waals surface area contributed by atoms with Crippen molar-refractivity contribution in [1.29, 1.82) is 0 Å². The van der Waals surface area contributed by atoms with Crippen LogP contribution in [-0.4, -0.2) is 29.6 Å². The molecule has 2 saturated carbocycles. The highest BCUT2D eigenvalue weighted by Crippen LogP contribution is 2.43. The van der Waals surface area contributed by atoms with Gasteiger partial charge in [-0.1, -0.05) is 20.3 Å². The largest absolute Gasteiger partial charge is 0.329 e. The number of hydrogen-bond donors (Lipinski definition) is 1. The zero-order chi connectivity index (χ0) is 11.6. The molecule has 0 radical (unpaired) electrons. The molecule has 2 fully saturated rings. The summed E-state index contributed by atoms with van der Waals surface area (Å²) in [5.74, 6) is 0.881. The molecule has 0 saturated heterocycles. The SMILES string of the molecule is CCCCN(C1CC1)C1(CN)CCC(C)C1. The highest BCUT2D eigenvalue weighted by Gasteiger charge is 2.46. The maximum absolute atomic E-state index is 6.13. The summed E-state index contributed by atoms with van der Waals surface area (Å²) in [5, 5.41) is 0. The van der Waals surface area contributed by atoms with Crippen LogP contribution < -0.4 is 5.73 Å². The Labute approximate surface area is 101 Å². The fourth-order valence-electron chi connectivity index (χ4n) is 3.45. The smallest absolute Gasteiger partial charge is 0.0337 e. The Bertz CT molecular complexity index is 225. The minimum absolute atomic E-state index is 0.371. The lowest BCUT2D eigenvalue weighted by Crippen LogP contribution is -2.53. The van der Waals surface area contributed by atoms with Crippen molar-refractivity contribution in [2.45, 2.75) is 70.4 Å². The molecule has 0 amide bonds. The molecule has 2 aliphatic carbocycles. The summed E-state index contributed by atoms with van der Waals surface area (Å²) >= 11 is 0. The molecule has 0 bridgehead atoms. The lowest BCUT2D eigenvalue weighted by Gasteiger charge is -2.41.